The lowest BCUT2D eigenvalue weighted by Crippen LogP contribution is -2.40. The fourth-order valence-corrected chi connectivity index (χ4v) is 2.71. The van der Waals surface area contributed by atoms with Crippen molar-refractivity contribution >= 4 is 5.91 Å². The van der Waals surface area contributed by atoms with E-state index in [1.54, 1.807) is 17.9 Å². The molecule has 0 spiro atoms. The number of halogens is 2. The number of nitrogens with zero attached hydrogens (tertiary/aromatic N) is 3. The largest absolute Gasteiger partial charge is 0.393 e. The molecule has 0 saturated carbocycles. The van der Waals surface area contributed by atoms with Gasteiger partial charge in [0.25, 0.3) is 5.91 Å². The molecule has 1 amide bonds. The number of aliphatic hydroxyl groups excluding tert-OH is 1. The summed E-state index contributed by atoms with van der Waals surface area (Å²) < 4.78 is 28.2. The molecule has 1 aliphatic heterocycles. The molecule has 0 unspecified atom stereocenters. The van der Waals surface area contributed by atoms with Crippen molar-refractivity contribution in [2.45, 2.75) is 25.9 Å². The van der Waals surface area contributed by atoms with Gasteiger partial charge in [-0.15, -0.1) is 0 Å². The molecule has 7 heteroatoms. The molecule has 1 aromatic carbocycles. The van der Waals surface area contributed by atoms with Gasteiger partial charge in [0.05, 0.1) is 6.10 Å². The first-order valence-corrected chi connectivity index (χ1v) is 7.45. The quantitative estimate of drug-likeness (QED) is 0.921. The number of aromatic nitrogens is 2. The number of carbonyl (C=O) groups is 1. The van der Waals surface area contributed by atoms with Gasteiger partial charge in [-0.05, 0) is 38.0 Å². The zero-order valence-corrected chi connectivity index (χ0v) is 12.7. The lowest BCUT2D eigenvalue weighted by atomic mass is 10.1. The lowest BCUT2D eigenvalue weighted by molar-refractivity contribution is 0.0541. The molecule has 1 aliphatic rings. The van der Waals surface area contributed by atoms with E-state index in [0.29, 0.717) is 31.6 Å². The topological polar surface area (TPSA) is 58.4 Å². The second-order valence-corrected chi connectivity index (χ2v) is 5.70. The number of hydrogen-bond acceptors (Lipinski definition) is 3. The number of aryl methyl sites for hydroxylation is 1. The van der Waals surface area contributed by atoms with Crippen LogP contribution in [0.3, 0.4) is 0 Å². The standard InChI is InChI=1S/C16H17F2N3O2/c1-10-8-14(16(23)20-6-4-12(22)5-7-20)19-21(10)15-3-2-11(17)9-13(15)18/h2-3,8-9,12,22H,4-7H2,1H3. The van der Waals surface area contributed by atoms with Gasteiger partial charge in [-0.1, -0.05) is 0 Å². The van der Waals surface area contributed by atoms with Crippen LogP contribution < -0.4 is 0 Å². The third kappa shape index (κ3) is 3.10. The van der Waals surface area contributed by atoms with Crippen molar-refractivity contribution in [2.24, 2.45) is 0 Å². The molecule has 1 fully saturated rings. The van der Waals surface area contributed by atoms with E-state index < -0.39 is 11.6 Å². The van der Waals surface area contributed by atoms with E-state index in [-0.39, 0.29) is 23.4 Å². The predicted octanol–water partition coefficient (Wildman–Crippen LogP) is 2.06. The van der Waals surface area contributed by atoms with Crippen LogP contribution in [0.15, 0.2) is 24.3 Å². The molecule has 0 aliphatic carbocycles. The van der Waals surface area contributed by atoms with E-state index in [1.165, 1.54) is 10.7 Å². The maximum Gasteiger partial charge on any atom is 0.274 e. The van der Waals surface area contributed by atoms with Crippen molar-refractivity contribution in [3.63, 3.8) is 0 Å². The van der Waals surface area contributed by atoms with Gasteiger partial charge in [0, 0.05) is 24.8 Å². The van der Waals surface area contributed by atoms with E-state index in [9.17, 15) is 18.7 Å². The maximum atomic E-state index is 13.9. The Bertz CT molecular complexity index is 737. The number of carbonyl (C=O) groups excluding carboxylic acids is 1. The molecule has 1 aromatic heterocycles. The molecule has 1 saturated heterocycles. The first kappa shape index (κ1) is 15.6. The van der Waals surface area contributed by atoms with Gasteiger partial charge in [0.15, 0.2) is 11.5 Å². The Morgan fingerprint density at radius 3 is 2.61 bits per heavy atom. The first-order valence-electron chi connectivity index (χ1n) is 7.45. The Kier molecular flexibility index (Phi) is 4.12. The second kappa shape index (κ2) is 6.08. The average Bonchev–Trinajstić information content (AvgIpc) is 2.89. The highest BCUT2D eigenvalue weighted by atomic mass is 19.1. The van der Waals surface area contributed by atoms with Crippen LogP contribution in [-0.2, 0) is 0 Å². The van der Waals surface area contributed by atoms with Crippen molar-refractivity contribution in [1.82, 2.24) is 14.7 Å². The fraction of sp³-hybridized carbons (Fsp3) is 0.375. The number of aliphatic hydroxyl groups is 1. The molecule has 122 valence electrons. The Morgan fingerprint density at radius 2 is 1.96 bits per heavy atom. The van der Waals surface area contributed by atoms with Crippen LogP contribution in [0.25, 0.3) is 5.69 Å². The number of piperidine rings is 1. The molecule has 3 rings (SSSR count). The summed E-state index contributed by atoms with van der Waals surface area (Å²) in [4.78, 5) is 14.1. The van der Waals surface area contributed by atoms with Crippen molar-refractivity contribution in [3.05, 3.63) is 47.3 Å². The van der Waals surface area contributed by atoms with Crippen molar-refractivity contribution < 1.29 is 18.7 Å². The van der Waals surface area contributed by atoms with Gasteiger partial charge in [-0.2, -0.15) is 5.10 Å². The summed E-state index contributed by atoms with van der Waals surface area (Å²) in [7, 11) is 0. The van der Waals surface area contributed by atoms with Crippen molar-refractivity contribution in [3.8, 4) is 5.69 Å². The predicted molar refractivity (Wildman–Crippen MR) is 79.4 cm³/mol. The number of benzene rings is 1. The molecule has 2 heterocycles. The summed E-state index contributed by atoms with van der Waals surface area (Å²) in [5, 5.41) is 13.7. The van der Waals surface area contributed by atoms with E-state index in [4.69, 9.17) is 0 Å². The third-order valence-corrected chi connectivity index (χ3v) is 4.00. The van der Waals surface area contributed by atoms with Gasteiger partial charge >= 0.3 is 0 Å². The first-order chi connectivity index (χ1) is 11.0. The van der Waals surface area contributed by atoms with Crippen LogP contribution in [-0.4, -0.2) is 44.9 Å². The Morgan fingerprint density at radius 1 is 1.26 bits per heavy atom. The van der Waals surface area contributed by atoms with Crippen LogP contribution in [0.4, 0.5) is 8.78 Å². The minimum absolute atomic E-state index is 0.0945. The molecule has 0 atom stereocenters. The summed E-state index contributed by atoms with van der Waals surface area (Å²) in [5.41, 5.74) is 0.885. The fourth-order valence-electron chi connectivity index (χ4n) is 2.71. The van der Waals surface area contributed by atoms with E-state index in [2.05, 4.69) is 5.10 Å². The summed E-state index contributed by atoms with van der Waals surface area (Å²) in [6.45, 7) is 2.64. The van der Waals surface area contributed by atoms with E-state index in [0.717, 1.165) is 12.1 Å². The van der Waals surface area contributed by atoms with Crippen LogP contribution >= 0.6 is 0 Å². The second-order valence-electron chi connectivity index (χ2n) is 5.70. The minimum atomic E-state index is -0.740. The average molecular weight is 321 g/mol. The highest BCUT2D eigenvalue weighted by Gasteiger charge is 2.25. The van der Waals surface area contributed by atoms with Gasteiger partial charge in [0.2, 0.25) is 0 Å². The Balaban J connectivity index is 1.87. The maximum absolute atomic E-state index is 13.9. The lowest BCUT2D eigenvalue weighted by Gasteiger charge is -2.28. The van der Waals surface area contributed by atoms with Gasteiger partial charge in [-0.25, -0.2) is 13.5 Å². The molecule has 23 heavy (non-hydrogen) atoms. The van der Waals surface area contributed by atoms with Crippen LogP contribution in [0.2, 0.25) is 0 Å². The normalized spacial score (nSPS) is 15.9. The van der Waals surface area contributed by atoms with E-state index >= 15 is 0 Å². The van der Waals surface area contributed by atoms with Gasteiger partial charge in [-0.3, -0.25) is 4.79 Å². The third-order valence-electron chi connectivity index (χ3n) is 4.00. The summed E-state index contributed by atoms with van der Waals surface area (Å²) in [6.07, 6.45) is 0.711. The molecule has 1 N–H and O–H groups in total. The van der Waals surface area contributed by atoms with Crippen LogP contribution in [0, 0.1) is 18.6 Å². The highest BCUT2D eigenvalue weighted by Crippen LogP contribution is 2.19. The molecule has 0 bridgehead atoms. The Labute approximate surface area is 132 Å². The number of likely N-dealkylation sites (tertiary alicyclic amines) is 1. The smallest absolute Gasteiger partial charge is 0.274 e. The number of rotatable bonds is 2. The molecule has 5 nitrogen and oxygen atoms in total. The van der Waals surface area contributed by atoms with E-state index in [1.807, 2.05) is 0 Å². The minimum Gasteiger partial charge on any atom is -0.393 e. The summed E-state index contributed by atoms with van der Waals surface area (Å²) in [6, 6.07) is 4.80. The highest BCUT2D eigenvalue weighted by molar-refractivity contribution is 5.92. The Hall–Kier alpha value is -2.28. The summed E-state index contributed by atoms with van der Waals surface area (Å²) in [5.74, 6) is -1.66. The zero-order chi connectivity index (χ0) is 16.6. The van der Waals surface area contributed by atoms with Crippen LogP contribution in [0.5, 0.6) is 0 Å². The van der Waals surface area contributed by atoms with Crippen molar-refractivity contribution in [1.29, 1.82) is 0 Å². The van der Waals surface area contributed by atoms with Gasteiger partial charge in [0.1, 0.15) is 11.5 Å². The van der Waals surface area contributed by atoms with Crippen LogP contribution in [0.1, 0.15) is 29.0 Å². The summed E-state index contributed by atoms with van der Waals surface area (Å²) >= 11 is 0. The number of amides is 1. The van der Waals surface area contributed by atoms with Crippen molar-refractivity contribution in [2.75, 3.05) is 13.1 Å². The molecule has 2 aromatic rings. The van der Waals surface area contributed by atoms with Gasteiger partial charge < -0.3 is 10.0 Å². The zero-order valence-electron chi connectivity index (χ0n) is 12.7. The monoisotopic (exact) mass is 321 g/mol. The molecular formula is C16H17F2N3O2. The molecular weight excluding hydrogens is 304 g/mol. The number of hydrogen-bond donors (Lipinski definition) is 1. The SMILES string of the molecule is Cc1cc(C(=O)N2CCC(O)CC2)nn1-c1ccc(F)cc1F. The molecule has 0 radical (unpaired) electrons.